The zero-order valence-electron chi connectivity index (χ0n) is 20.8. The Labute approximate surface area is 218 Å². The summed E-state index contributed by atoms with van der Waals surface area (Å²) in [5, 5.41) is 0.269. The molecule has 0 unspecified atom stereocenters. The van der Waals surface area contributed by atoms with E-state index in [0.29, 0.717) is 10.8 Å². The van der Waals surface area contributed by atoms with Crippen LogP contribution in [0.5, 0.6) is 0 Å². The van der Waals surface area contributed by atoms with Gasteiger partial charge in [-0.2, -0.15) is 0 Å². The van der Waals surface area contributed by atoms with Crippen LogP contribution >= 0.6 is 0 Å². The van der Waals surface area contributed by atoms with Gasteiger partial charge in [0, 0.05) is 0 Å². The van der Waals surface area contributed by atoms with E-state index in [1.165, 1.54) is 0 Å². The van der Waals surface area contributed by atoms with Crippen LogP contribution < -0.4 is 0 Å². The molecule has 0 bridgehead atoms. The van der Waals surface area contributed by atoms with Crippen LogP contribution in [0.4, 0.5) is 17.6 Å². The van der Waals surface area contributed by atoms with Gasteiger partial charge in [0.15, 0.2) is 0 Å². The average molecular weight is 618 g/mol. The number of halogens is 4. The summed E-state index contributed by atoms with van der Waals surface area (Å²) in [6.07, 6.45) is 0. The van der Waals surface area contributed by atoms with E-state index in [0.717, 1.165) is 19.6 Å². The van der Waals surface area contributed by atoms with Crippen molar-refractivity contribution in [2.45, 2.75) is 52.4 Å². The number of benzene rings is 4. The maximum atomic E-state index is 16.2. The fourth-order valence-electron chi connectivity index (χ4n) is 4.98. The Hall–Kier alpha value is -2.10. The molecule has 6 rings (SSSR count). The Balaban J connectivity index is 1.81. The Morgan fingerprint density at radius 1 is 0.500 bits per heavy atom. The third-order valence-corrected chi connectivity index (χ3v) is 12.0. The third-order valence-electron chi connectivity index (χ3n) is 7.07. The number of hydrogen-bond acceptors (Lipinski definition) is 0. The van der Waals surface area contributed by atoms with E-state index in [4.69, 9.17) is 0 Å². The van der Waals surface area contributed by atoms with Crippen molar-refractivity contribution >= 4 is 78.4 Å². The first-order valence-electron chi connectivity index (χ1n) is 11.8. The minimum absolute atomic E-state index is 0.0948. The minimum atomic E-state index is -0.852. The molecule has 184 valence electrons. The first-order valence-corrected chi connectivity index (χ1v) is 15.2. The second kappa shape index (κ2) is 7.71. The van der Waals surface area contributed by atoms with Crippen LogP contribution in [-0.4, -0.2) is 29.0 Å². The Morgan fingerprint density at radius 2 is 0.861 bits per heavy atom. The van der Waals surface area contributed by atoms with Crippen molar-refractivity contribution in [1.29, 1.82) is 0 Å². The molecular formula is C30H24F4Se2. The molecule has 2 heterocycles. The molecule has 36 heavy (non-hydrogen) atoms. The summed E-state index contributed by atoms with van der Waals surface area (Å²) in [5.41, 5.74) is 1.60. The van der Waals surface area contributed by atoms with Crippen molar-refractivity contribution in [2.24, 2.45) is 0 Å². The van der Waals surface area contributed by atoms with Gasteiger partial charge in [-0.3, -0.25) is 0 Å². The third kappa shape index (κ3) is 3.31. The zero-order chi connectivity index (χ0) is 25.9. The van der Waals surface area contributed by atoms with Crippen molar-refractivity contribution in [3.05, 3.63) is 70.8 Å². The predicted octanol–water partition coefficient (Wildman–Crippen LogP) is 8.72. The van der Waals surface area contributed by atoms with Crippen LogP contribution in [0.2, 0.25) is 0 Å². The average Bonchev–Trinajstić information content (AvgIpc) is 3.37. The van der Waals surface area contributed by atoms with Gasteiger partial charge in [-0.15, -0.1) is 0 Å². The van der Waals surface area contributed by atoms with E-state index < -0.39 is 63.0 Å². The second-order valence-corrected chi connectivity index (χ2v) is 16.0. The molecule has 0 fully saturated rings. The SMILES string of the molecule is CC(C)(C)c1ccc2[se]c3c(F)c4c(F)c5c([se]c6ccc(C(C)(C)C)cc65)c(F)c4c(F)c3c2c1. The fourth-order valence-corrected chi connectivity index (χ4v) is 9.68. The molecule has 0 aliphatic heterocycles. The second-order valence-electron chi connectivity index (χ2n) is 11.5. The van der Waals surface area contributed by atoms with Crippen LogP contribution in [0, 0.1) is 23.3 Å². The molecule has 0 atom stereocenters. The molecule has 0 amide bonds. The van der Waals surface area contributed by atoms with Gasteiger partial charge in [0.25, 0.3) is 0 Å². The Kier molecular flexibility index (Phi) is 5.19. The summed E-state index contributed by atoms with van der Waals surface area (Å²) >= 11 is -1.08. The predicted molar refractivity (Wildman–Crippen MR) is 145 cm³/mol. The van der Waals surface area contributed by atoms with Crippen molar-refractivity contribution in [3.63, 3.8) is 0 Å². The molecule has 2 aromatic heterocycles. The van der Waals surface area contributed by atoms with Gasteiger partial charge >= 0.3 is 219 Å². The number of rotatable bonds is 0. The Morgan fingerprint density at radius 3 is 1.19 bits per heavy atom. The van der Waals surface area contributed by atoms with E-state index in [1.54, 1.807) is 0 Å². The van der Waals surface area contributed by atoms with E-state index in [-0.39, 0.29) is 30.1 Å². The maximum absolute atomic E-state index is 16.2. The Bertz CT molecular complexity index is 1750. The first-order chi connectivity index (χ1) is 16.8. The molecule has 0 aliphatic carbocycles. The van der Waals surface area contributed by atoms with Crippen LogP contribution in [0.15, 0.2) is 36.4 Å². The molecule has 0 N–H and O–H groups in total. The van der Waals surface area contributed by atoms with Gasteiger partial charge in [-0.05, 0) is 0 Å². The van der Waals surface area contributed by atoms with Gasteiger partial charge in [0.05, 0.1) is 0 Å². The molecule has 0 spiro atoms. The van der Waals surface area contributed by atoms with Crippen LogP contribution in [0.1, 0.15) is 52.7 Å². The van der Waals surface area contributed by atoms with E-state index >= 15 is 17.6 Å². The van der Waals surface area contributed by atoms with Crippen molar-refractivity contribution in [2.75, 3.05) is 0 Å². The summed E-state index contributed by atoms with van der Waals surface area (Å²) in [4.78, 5) is 0. The summed E-state index contributed by atoms with van der Waals surface area (Å²) in [7, 11) is 0. The van der Waals surface area contributed by atoms with Crippen molar-refractivity contribution in [1.82, 2.24) is 0 Å². The number of hydrogen-bond donors (Lipinski definition) is 0. The number of fused-ring (bicyclic) bond motifs is 7. The van der Waals surface area contributed by atoms with Gasteiger partial charge in [-0.1, -0.05) is 0 Å². The van der Waals surface area contributed by atoms with Gasteiger partial charge in [0.1, 0.15) is 0 Å². The molecule has 6 aromatic rings. The summed E-state index contributed by atoms with van der Waals surface area (Å²) in [6, 6.07) is 11.5. The van der Waals surface area contributed by atoms with E-state index in [1.807, 2.05) is 36.4 Å². The van der Waals surface area contributed by atoms with Crippen LogP contribution in [-0.2, 0) is 10.8 Å². The fraction of sp³-hybridized carbons (Fsp3) is 0.267. The zero-order valence-corrected chi connectivity index (χ0v) is 24.2. The van der Waals surface area contributed by atoms with Gasteiger partial charge in [0.2, 0.25) is 0 Å². The molecule has 0 aliphatic rings. The molecular weight excluding hydrogens is 594 g/mol. The molecule has 6 heteroatoms. The van der Waals surface area contributed by atoms with Crippen LogP contribution in [0.25, 0.3) is 49.4 Å². The van der Waals surface area contributed by atoms with Crippen LogP contribution in [0.3, 0.4) is 0 Å². The standard InChI is InChI=1S/C30H24F4Se2/c1-29(2,3)13-7-9-17-15(11-13)19-23(31)21-22(25(33)27(19)35-17)24(32)20-16-12-14(30(4,5)6)8-10-18(16)36-28(20)26(21)34/h7-12H,1-6H3. The molecule has 0 saturated heterocycles. The monoisotopic (exact) mass is 620 g/mol. The van der Waals surface area contributed by atoms with Crippen molar-refractivity contribution < 1.29 is 17.6 Å². The normalized spacial score (nSPS) is 13.3. The topological polar surface area (TPSA) is 0 Å². The van der Waals surface area contributed by atoms with E-state index in [9.17, 15) is 0 Å². The van der Waals surface area contributed by atoms with Crippen molar-refractivity contribution in [3.8, 4) is 0 Å². The summed E-state index contributed by atoms with van der Waals surface area (Å²) < 4.78 is 66.4. The van der Waals surface area contributed by atoms with Gasteiger partial charge in [-0.25, -0.2) is 0 Å². The summed E-state index contributed by atoms with van der Waals surface area (Å²) in [5.74, 6) is -3.37. The van der Waals surface area contributed by atoms with Gasteiger partial charge < -0.3 is 0 Å². The molecule has 0 nitrogen and oxygen atoms in total. The quantitative estimate of drug-likeness (QED) is 0.118. The first kappa shape index (κ1) is 24.2. The summed E-state index contributed by atoms with van der Waals surface area (Å²) in [6.45, 7) is 12.3. The molecule has 4 aromatic carbocycles. The molecule has 0 saturated carbocycles. The molecule has 0 radical (unpaired) electrons. The van der Waals surface area contributed by atoms with E-state index in [2.05, 4.69) is 41.5 Å².